The van der Waals surface area contributed by atoms with Gasteiger partial charge < -0.3 is 10.2 Å². The van der Waals surface area contributed by atoms with Gasteiger partial charge in [0.25, 0.3) is 0 Å². The molecule has 1 saturated carbocycles. The Labute approximate surface area is 132 Å². The van der Waals surface area contributed by atoms with Crippen molar-refractivity contribution < 1.29 is 0 Å². The van der Waals surface area contributed by atoms with Crippen LogP contribution in [0.3, 0.4) is 0 Å². The number of halogens is 1. The Hall–Kier alpha value is -0.910. The van der Waals surface area contributed by atoms with Crippen LogP contribution >= 0.6 is 27.3 Å². The lowest BCUT2D eigenvalue weighted by atomic mass is 10.2. The van der Waals surface area contributed by atoms with Crippen LogP contribution < -0.4 is 10.2 Å². The topological polar surface area (TPSA) is 28.2 Å². The van der Waals surface area contributed by atoms with Crippen LogP contribution in [-0.4, -0.2) is 18.1 Å². The van der Waals surface area contributed by atoms with E-state index in [2.05, 4.69) is 61.8 Å². The number of nitrogens with zero attached hydrogens (tertiary/aromatic N) is 2. The zero-order valence-electron chi connectivity index (χ0n) is 11.5. The third-order valence-corrected chi connectivity index (χ3v) is 4.97. The van der Waals surface area contributed by atoms with Gasteiger partial charge in [-0.05, 0) is 63.5 Å². The molecule has 0 aliphatic heterocycles. The molecule has 20 heavy (non-hydrogen) atoms. The molecule has 1 aliphatic carbocycles. The normalized spacial score (nSPS) is 14.5. The van der Waals surface area contributed by atoms with Crippen LogP contribution in [0.4, 0.5) is 5.82 Å². The Kier molecular flexibility index (Phi) is 4.38. The number of thiophene rings is 1. The maximum atomic E-state index is 4.47. The van der Waals surface area contributed by atoms with E-state index in [0.717, 1.165) is 24.9 Å². The van der Waals surface area contributed by atoms with Crippen molar-refractivity contribution >= 4 is 33.1 Å². The van der Waals surface area contributed by atoms with Crippen LogP contribution in [0.2, 0.25) is 0 Å². The summed E-state index contributed by atoms with van der Waals surface area (Å²) in [6.45, 7) is 1.83. The smallest absolute Gasteiger partial charge is 0.128 e. The Morgan fingerprint density at radius 1 is 1.40 bits per heavy atom. The first-order valence-electron chi connectivity index (χ1n) is 6.83. The fourth-order valence-corrected chi connectivity index (χ4v) is 3.31. The predicted molar refractivity (Wildman–Crippen MR) is 88.2 cm³/mol. The highest BCUT2D eigenvalue weighted by Crippen LogP contribution is 2.23. The third-order valence-electron chi connectivity index (χ3n) is 3.41. The summed E-state index contributed by atoms with van der Waals surface area (Å²) in [6.07, 6.45) is 4.55. The Morgan fingerprint density at radius 3 is 2.95 bits per heavy atom. The van der Waals surface area contributed by atoms with Crippen LogP contribution in [0.15, 0.2) is 33.6 Å². The zero-order valence-corrected chi connectivity index (χ0v) is 13.9. The van der Waals surface area contributed by atoms with E-state index in [4.69, 9.17) is 0 Å². The largest absolute Gasteiger partial charge is 0.355 e. The number of hydrogen-bond donors (Lipinski definition) is 1. The lowest BCUT2D eigenvalue weighted by Crippen LogP contribution is -2.19. The highest BCUT2D eigenvalue weighted by atomic mass is 79.9. The van der Waals surface area contributed by atoms with Gasteiger partial charge in [0.2, 0.25) is 0 Å². The minimum Gasteiger partial charge on any atom is -0.355 e. The van der Waals surface area contributed by atoms with Gasteiger partial charge in [-0.1, -0.05) is 0 Å². The van der Waals surface area contributed by atoms with Gasteiger partial charge in [0.1, 0.15) is 5.82 Å². The van der Waals surface area contributed by atoms with Gasteiger partial charge in [0, 0.05) is 32.4 Å². The lowest BCUT2D eigenvalue weighted by molar-refractivity contribution is 0.686. The molecule has 2 heterocycles. The van der Waals surface area contributed by atoms with Crippen LogP contribution in [0.25, 0.3) is 0 Å². The maximum absolute atomic E-state index is 4.47. The van der Waals surface area contributed by atoms with E-state index in [1.54, 1.807) is 11.3 Å². The first-order valence-corrected chi connectivity index (χ1v) is 8.50. The second kappa shape index (κ2) is 6.24. The molecule has 2 aromatic rings. The summed E-state index contributed by atoms with van der Waals surface area (Å²) in [7, 11) is 2.09. The molecule has 0 spiro atoms. The summed E-state index contributed by atoms with van der Waals surface area (Å²) < 4.78 is 1.18. The van der Waals surface area contributed by atoms with Gasteiger partial charge in [0.15, 0.2) is 0 Å². The first kappa shape index (κ1) is 14.0. The van der Waals surface area contributed by atoms with E-state index < -0.39 is 0 Å². The summed E-state index contributed by atoms with van der Waals surface area (Å²) in [4.78, 5) is 6.66. The van der Waals surface area contributed by atoms with E-state index in [1.807, 2.05) is 6.20 Å². The van der Waals surface area contributed by atoms with Crippen LogP contribution in [-0.2, 0) is 13.1 Å². The van der Waals surface area contributed by atoms with Crippen molar-refractivity contribution in [3.05, 3.63) is 44.7 Å². The number of rotatable bonds is 6. The Bertz CT molecular complexity index is 580. The molecule has 0 atom stereocenters. The zero-order chi connectivity index (χ0) is 13.9. The summed E-state index contributed by atoms with van der Waals surface area (Å²) in [5.41, 5.74) is 2.62. The molecule has 0 aromatic carbocycles. The molecule has 0 unspecified atom stereocenters. The summed E-state index contributed by atoms with van der Waals surface area (Å²) >= 11 is 5.23. The average molecular weight is 352 g/mol. The lowest BCUT2D eigenvalue weighted by Gasteiger charge is -2.18. The molecule has 106 valence electrons. The van der Waals surface area contributed by atoms with E-state index >= 15 is 0 Å². The summed E-state index contributed by atoms with van der Waals surface area (Å²) in [5, 5.41) is 5.72. The molecule has 3 nitrogen and oxygen atoms in total. The molecule has 3 rings (SSSR count). The average Bonchev–Trinajstić information content (AvgIpc) is 3.19. The van der Waals surface area contributed by atoms with Gasteiger partial charge >= 0.3 is 0 Å². The van der Waals surface area contributed by atoms with Crippen LogP contribution in [0.5, 0.6) is 0 Å². The molecule has 5 heteroatoms. The highest BCUT2D eigenvalue weighted by molar-refractivity contribution is 9.11. The van der Waals surface area contributed by atoms with E-state index in [1.165, 1.54) is 27.8 Å². The fourth-order valence-electron chi connectivity index (χ4n) is 2.11. The molecule has 1 N–H and O–H groups in total. The van der Waals surface area contributed by atoms with Crippen molar-refractivity contribution in [1.82, 2.24) is 10.3 Å². The van der Waals surface area contributed by atoms with Gasteiger partial charge in [-0.25, -0.2) is 4.98 Å². The monoisotopic (exact) mass is 351 g/mol. The van der Waals surface area contributed by atoms with Crippen molar-refractivity contribution in [3.8, 4) is 0 Å². The van der Waals surface area contributed by atoms with Crippen LogP contribution in [0, 0.1) is 0 Å². The number of hydrogen-bond acceptors (Lipinski definition) is 4. The van der Waals surface area contributed by atoms with Crippen molar-refractivity contribution in [2.24, 2.45) is 0 Å². The van der Waals surface area contributed by atoms with Gasteiger partial charge in [-0.15, -0.1) is 11.3 Å². The number of anilines is 1. The molecule has 0 radical (unpaired) electrons. The van der Waals surface area contributed by atoms with Crippen molar-refractivity contribution in [2.75, 3.05) is 11.9 Å². The third kappa shape index (κ3) is 3.81. The van der Waals surface area contributed by atoms with Crippen LogP contribution in [0.1, 0.15) is 24.0 Å². The van der Waals surface area contributed by atoms with E-state index in [0.29, 0.717) is 0 Å². The SMILES string of the molecule is CN(Cc1csc(Br)c1)c1cc(CNC2CC2)ccn1. The van der Waals surface area contributed by atoms with E-state index in [-0.39, 0.29) is 0 Å². The maximum Gasteiger partial charge on any atom is 0.128 e. The predicted octanol–water partition coefficient (Wildman–Crippen LogP) is 3.79. The van der Waals surface area contributed by atoms with Gasteiger partial charge in [-0.3, -0.25) is 0 Å². The molecular formula is C15H18BrN3S. The quantitative estimate of drug-likeness (QED) is 0.857. The molecule has 1 fully saturated rings. The number of aromatic nitrogens is 1. The molecular weight excluding hydrogens is 334 g/mol. The minimum absolute atomic E-state index is 0.743. The number of nitrogens with one attached hydrogen (secondary N) is 1. The van der Waals surface area contributed by atoms with Crippen molar-refractivity contribution in [3.63, 3.8) is 0 Å². The Balaban J connectivity index is 1.63. The minimum atomic E-state index is 0.743. The second-order valence-corrected chi connectivity index (χ2v) is 7.58. The highest BCUT2D eigenvalue weighted by Gasteiger charge is 2.20. The molecule has 0 saturated heterocycles. The van der Waals surface area contributed by atoms with E-state index in [9.17, 15) is 0 Å². The summed E-state index contributed by atoms with van der Waals surface area (Å²) in [6, 6.07) is 7.18. The fraction of sp³-hybridized carbons (Fsp3) is 0.400. The standard InChI is InChI=1S/C15H18BrN3S/c1-19(9-12-6-14(16)20-10-12)15-7-11(4-5-17-15)8-18-13-2-3-13/h4-7,10,13,18H,2-3,8-9H2,1H3. The summed E-state index contributed by atoms with van der Waals surface area (Å²) in [5.74, 6) is 1.03. The molecule has 0 bridgehead atoms. The molecule has 1 aliphatic rings. The second-order valence-electron chi connectivity index (χ2n) is 5.29. The van der Waals surface area contributed by atoms with Crippen molar-refractivity contribution in [1.29, 1.82) is 0 Å². The number of pyridine rings is 1. The first-order chi connectivity index (χ1) is 9.70. The molecule has 0 amide bonds. The van der Waals surface area contributed by atoms with Crippen molar-refractivity contribution in [2.45, 2.75) is 32.0 Å². The Morgan fingerprint density at radius 2 is 2.25 bits per heavy atom. The van der Waals surface area contributed by atoms with Gasteiger partial charge in [-0.2, -0.15) is 0 Å². The molecule has 2 aromatic heterocycles. The van der Waals surface area contributed by atoms with Gasteiger partial charge in [0.05, 0.1) is 3.79 Å².